The van der Waals surface area contributed by atoms with Crippen LogP contribution in [-0.4, -0.2) is 19.9 Å². The van der Waals surface area contributed by atoms with E-state index in [9.17, 15) is 0 Å². The molecule has 0 unspecified atom stereocenters. The van der Waals surface area contributed by atoms with E-state index in [2.05, 4.69) is 19.9 Å². The molecule has 0 atom stereocenters. The Hall–Kier alpha value is -2.49. The van der Waals surface area contributed by atoms with Gasteiger partial charge in [0.25, 0.3) is 0 Å². The molecule has 3 aromatic rings. The third-order valence-electron chi connectivity index (χ3n) is 2.46. The fourth-order valence-electron chi connectivity index (χ4n) is 1.62. The van der Waals surface area contributed by atoms with Crippen molar-refractivity contribution in [3.8, 4) is 22.8 Å². The minimum absolute atomic E-state index is 0.824. The summed E-state index contributed by atoms with van der Waals surface area (Å²) in [6.07, 6.45) is 7.07. The third-order valence-corrected chi connectivity index (χ3v) is 2.46. The van der Waals surface area contributed by atoms with Crippen LogP contribution in [0.4, 0.5) is 0 Å². The van der Waals surface area contributed by atoms with Gasteiger partial charge in [0.15, 0.2) is 0 Å². The molecule has 3 rings (SSSR count). The van der Waals surface area contributed by atoms with E-state index in [-0.39, 0.29) is 0 Å². The molecule has 0 radical (unpaired) electrons. The van der Waals surface area contributed by atoms with Gasteiger partial charge in [0, 0.05) is 30.4 Å². The number of nitrogens with zero attached hydrogens (tertiary/aromatic N) is 3. The van der Waals surface area contributed by atoms with Gasteiger partial charge in [0.2, 0.25) is 0 Å². The minimum atomic E-state index is 0.824. The van der Waals surface area contributed by atoms with E-state index in [0.29, 0.717) is 0 Å². The molecule has 0 fully saturated rings. The van der Waals surface area contributed by atoms with Crippen LogP contribution in [0, 0.1) is 0 Å². The van der Waals surface area contributed by atoms with Gasteiger partial charge in [-0.15, -0.1) is 0 Å². The first-order chi connectivity index (χ1) is 8.43. The van der Waals surface area contributed by atoms with Gasteiger partial charge in [-0.3, -0.25) is 9.97 Å². The Bertz CT molecular complexity index is 585. The molecule has 3 heterocycles. The fraction of sp³-hybridized carbons (Fsp3) is 0. The lowest BCUT2D eigenvalue weighted by Gasteiger charge is -2.00. The summed E-state index contributed by atoms with van der Waals surface area (Å²) in [5, 5.41) is 0. The Morgan fingerprint density at radius 2 is 1.76 bits per heavy atom. The smallest absolute Gasteiger partial charge is 0.138 e. The van der Waals surface area contributed by atoms with Crippen molar-refractivity contribution in [2.75, 3.05) is 0 Å². The molecule has 4 nitrogen and oxygen atoms in total. The summed E-state index contributed by atoms with van der Waals surface area (Å²) in [5.41, 5.74) is 2.70. The maximum absolute atomic E-state index is 4.38. The van der Waals surface area contributed by atoms with Gasteiger partial charge >= 0.3 is 0 Å². The first-order valence-electron chi connectivity index (χ1n) is 5.31. The maximum Gasteiger partial charge on any atom is 0.138 e. The van der Waals surface area contributed by atoms with Gasteiger partial charge < -0.3 is 4.98 Å². The fourth-order valence-corrected chi connectivity index (χ4v) is 1.62. The minimum Gasteiger partial charge on any atom is -0.345 e. The van der Waals surface area contributed by atoms with E-state index in [1.807, 2.05) is 30.3 Å². The van der Waals surface area contributed by atoms with E-state index < -0.39 is 0 Å². The molecule has 0 aliphatic heterocycles. The molecule has 1 N–H and O–H groups in total. The Morgan fingerprint density at radius 1 is 0.824 bits per heavy atom. The van der Waals surface area contributed by atoms with Gasteiger partial charge in [0.1, 0.15) is 5.82 Å². The highest BCUT2D eigenvalue weighted by molar-refractivity contribution is 5.60. The van der Waals surface area contributed by atoms with Gasteiger partial charge in [-0.05, 0) is 24.3 Å². The number of pyridine rings is 2. The van der Waals surface area contributed by atoms with Crippen LogP contribution < -0.4 is 0 Å². The van der Waals surface area contributed by atoms with E-state index in [1.54, 1.807) is 24.8 Å². The van der Waals surface area contributed by atoms with Crippen molar-refractivity contribution in [2.24, 2.45) is 0 Å². The van der Waals surface area contributed by atoms with E-state index in [1.165, 1.54) is 0 Å². The highest BCUT2D eigenvalue weighted by atomic mass is 14.9. The van der Waals surface area contributed by atoms with Crippen molar-refractivity contribution in [3.63, 3.8) is 0 Å². The number of rotatable bonds is 2. The van der Waals surface area contributed by atoms with Gasteiger partial charge in [-0.25, -0.2) is 4.98 Å². The molecule has 0 aliphatic rings. The predicted octanol–water partition coefficient (Wildman–Crippen LogP) is 2.53. The van der Waals surface area contributed by atoms with Crippen LogP contribution >= 0.6 is 0 Å². The number of nitrogens with one attached hydrogen (secondary N) is 1. The van der Waals surface area contributed by atoms with Crippen LogP contribution in [-0.2, 0) is 0 Å². The summed E-state index contributed by atoms with van der Waals surface area (Å²) in [6.45, 7) is 0. The third kappa shape index (κ3) is 1.92. The Balaban J connectivity index is 1.96. The summed E-state index contributed by atoms with van der Waals surface area (Å²) in [4.78, 5) is 15.9. The quantitative estimate of drug-likeness (QED) is 0.724. The molecule has 0 bridgehead atoms. The maximum atomic E-state index is 4.38. The summed E-state index contributed by atoms with van der Waals surface area (Å²) < 4.78 is 0. The lowest BCUT2D eigenvalue weighted by Crippen LogP contribution is -1.88. The molecular formula is C13H10N4. The standard InChI is InChI=1S/C13H10N4/c1-2-6-14-11(3-1)12-5-4-10(9-17-12)13-15-7-8-16-13/h1-9H,(H,15,16). The van der Waals surface area contributed by atoms with E-state index >= 15 is 0 Å². The van der Waals surface area contributed by atoms with Crippen LogP contribution in [0.3, 0.4) is 0 Å². The van der Waals surface area contributed by atoms with Crippen molar-refractivity contribution in [2.45, 2.75) is 0 Å². The lowest BCUT2D eigenvalue weighted by atomic mass is 10.2. The summed E-state index contributed by atoms with van der Waals surface area (Å²) in [5.74, 6) is 0.824. The van der Waals surface area contributed by atoms with Crippen LogP contribution in [0.1, 0.15) is 0 Å². The molecule has 0 aliphatic carbocycles. The predicted molar refractivity (Wildman–Crippen MR) is 65.0 cm³/mol. The summed E-state index contributed by atoms with van der Waals surface area (Å²) in [7, 11) is 0. The molecule has 0 spiro atoms. The second-order valence-corrected chi connectivity index (χ2v) is 3.58. The van der Waals surface area contributed by atoms with E-state index in [4.69, 9.17) is 0 Å². The topological polar surface area (TPSA) is 54.5 Å². The second kappa shape index (κ2) is 4.17. The van der Waals surface area contributed by atoms with Crippen molar-refractivity contribution in [1.29, 1.82) is 0 Å². The van der Waals surface area contributed by atoms with Crippen molar-refractivity contribution in [3.05, 3.63) is 55.1 Å². The number of hydrogen-bond donors (Lipinski definition) is 1. The summed E-state index contributed by atoms with van der Waals surface area (Å²) >= 11 is 0. The van der Waals surface area contributed by atoms with Crippen molar-refractivity contribution < 1.29 is 0 Å². The van der Waals surface area contributed by atoms with Crippen LogP contribution in [0.15, 0.2) is 55.1 Å². The average Bonchev–Trinajstić information content (AvgIpc) is 2.94. The molecule has 0 saturated heterocycles. The number of H-pyrrole nitrogens is 1. The Labute approximate surface area is 98.4 Å². The molecule has 4 heteroatoms. The largest absolute Gasteiger partial charge is 0.345 e. The van der Waals surface area contributed by atoms with Gasteiger partial charge in [-0.1, -0.05) is 6.07 Å². The second-order valence-electron chi connectivity index (χ2n) is 3.58. The molecule has 3 aromatic heterocycles. The van der Waals surface area contributed by atoms with Crippen molar-refractivity contribution >= 4 is 0 Å². The molecule has 17 heavy (non-hydrogen) atoms. The normalized spacial score (nSPS) is 10.4. The number of aromatic nitrogens is 4. The molecule has 0 saturated carbocycles. The highest BCUT2D eigenvalue weighted by Crippen LogP contribution is 2.18. The van der Waals surface area contributed by atoms with Crippen molar-refractivity contribution in [1.82, 2.24) is 19.9 Å². The summed E-state index contributed by atoms with van der Waals surface area (Å²) in [6, 6.07) is 9.70. The zero-order chi connectivity index (χ0) is 11.5. The number of aromatic amines is 1. The first-order valence-corrected chi connectivity index (χ1v) is 5.31. The lowest BCUT2D eigenvalue weighted by molar-refractivity contribution is 1.23. The monoisotopic (exact) mass is 222 g/mol. The van der Waals surface area contributed by atoms with Crippen LogP contribution in [0.2, 0.25) is 0 Å². The molecule has 0 aromatic carbocycles. The average molecular weight is 222 g/mol. The van der Waals surface area contributed by atoms with Gasteiger partial charge in [0.05, 0.1) is 11.4 Å². The molecule has 0 amide bonds. The number of imidazole rings is 1. The highest BCUT2D eigenvalue weighted by Gasteiger charge is 2.02. The Morgan fingerprint density at radius 3 is 2.41 bits per heavy atom. The van der Waals surface area contributed by atoms with Crippen LogP contribution in [0.25, 0.3) is 22.8 Å². The molecule has 82 valence electrons. The van der Waals surface area contributed by atoms with Gasteiger partial charge in [-0.2, -0.15) is 0 Å². The number of hydrogen-bond acceptors (Lipinski definition) is 3. The zero-order valence-corrected chi connectivity index (χ0v) is 9.04. The van der Waals surface area contributed by atoms with Crippen LogP contribution in [0.5, 0.6) is 0 Å². The molecular weight excluding hydrogens is 212 g/mol. The first kappa shape index (κ1) is 9.72. The SMILES string of the molecule is c1ccc(-c2ccc(-c3ncc[nH]3)cn2)nc1. The zero-order valence-electron chi connectivity index (χ0n) is 9.04. The van der Waals surface area contributed by atoms with E-state index in [0.717, 1.165) is 22.8 Å². The Kier molecular flexibility index (Phi) is 2.38.